The lowest BCUT2D eigenvalue weighted by atomic mass is 9.74. The second-order valence-electron chi connectivity index (χ2n) is 9.46. The van der Waals surface area contributed by atoms with E-state index >= 15 is 0 Å². The Kier molecular flexibility index (Phi) is 7.54. The standard InChI is InChI=1S/C25H33ClN4OS/c1-18-13-19(2)16-30(15-18)23-8-7-22(14-27-23)29-24(32)28-17-25(9-11-31-12-10-25)20-3-5-21(26)6-4-20/h3-8,14,18-19H,9-13,15-17H2,1-2H3,(H2,28,29,32)/t18-,19-/m0/s1. The van der Waals surface area contributed by atoms with Crippen LogP contribution in [0.15, 0.2) is 42.6 Å². The van der Waals surface area contributed by atoms with Crippen LogP contribution in [0.1, 0.15) is 38.7 Å². The Bertz CT molecular complexity index is 889. The highest BCUT2D eigenvalue weighted by atomic mass is 35.5. The predicted molar refractivity (Wildman–Crippen MR) is 137 cm³/mol. The summed E-state index contributed by atoms with van der Waals surface area (Å²) < 4.78 is 5.63. The van der Waals surface area contributed by atoms with Crippen LogP contribution >= 0.6 is 23.8 Å². The van der Waals surface area contributed by atoms with Crippen molar-refractivity contribution in [1.82, 2.24) is 10.3 Å². The molecule has 0 amide bonds. The minimum Gasteiger partial charge on any atom is -0.381 e. The summed E-state index contributed by atoms with van der Waals surface area (Å²) in [6.45, 7) is 9.03. The maximum atomic E-state index is 6.11. The molecule has 2 atom stereocenters. The molecule has 2 aliphatic rings. The summed E-state index contributed by atoms with van der Waals surface area (Å²) in [7, 11) is 0. The Morgan fingerprint density at radius 1 is 1.12 bits per heavy atom. The van der Waals surface area contributed by atoms with Crippen LogP contribution in [0.5, 0.6) is 0 Å². The van der Waals surface area contributed by atoms with Crippen molar-refractivity contribution in [3.8, 4) is 0 Å². The fourth-order valence-corrected chi connectivity index (χ4v) is 5.37. The molecular formula is C25H33ClN4OS. The molecule has 0 unspecified atom stereocenters. The Labute approximate surface area is 201 Å². The average molecular weight is 473 g/mol. The lowest BCUT2D eigenvalue weighted by molar-refractivity contribution is 0.0515. The molecule has 0 saturated carbocycles. The first-order valence-electron chi connectivity index (χ1n) is 11.5. The van der Waals surface area contributed by atoms with Gasteiger partial charge in [-0.25, -0.2) is 4.98 Å². The number of hydrogen-bond donors (Lipinski definition) is 2. The number of nitrogens with zero attached hydrogens (tertiary/aromatic N) is 2. The SMILES string of the molecule is C[C@H]1C[C@H](C)CN(c2ccc(NC(=S)NCC3(c4ccc(Cl)cc4)CCOCC3)cn2)C1. The maximum Gasteiger partial charge on any atom is 0.170 e. The Balaban J connectivity index is 1.36. The summed E-state index contributed by atoms with van der Waals surface area (Å²) in [4.78, 5) is 7.08. The normalized spacial score (nSPS) is 22.9. The van der Waals surface area contributed by atoms with E-state index in [0.717, 1.165) is 62.2 Å². The minimum atomic E-state index is -0.0155. The van der Waals surface area contributed by atoms with Gasteiger partial charge < -0.3 is 20.3 Å². The third-order valence-electron chi connectivity index (χ3n) is 6.69. The first-order chi connectivity index (χ1) is 15.4. The summed E-state index contributed by atoms with van der Waals surface area (Å²) in [6, 6.07) is 12.3. The number of anilines is 2. The number of benzene rings is 1. The van der Waals surface area contributed by atoms with E-state index < -0.39 is 0 Å². The van der Waals surface area contributed by atoms with Gasteiger partial charge in [0.05, 0.1) is 11.9 Å². The van der Waals surface area contributed by atoms with Crippen LogP contribution in [-0.2, 0) is 10.2 Å². The van der Waals surface area contributed by atoms with Crippen molar-refractivity contribution < 1.29 is 4.74 Å². The zero-order valence-corrected chi connectivity index (χ0v) is 20.5. The number of rotatable bonds is 5. The smallest absolute Gasteiger partial charge is 0.170 e. The van der Waals surface area contributed by atoms with E-state index in [4.69, 9.17) is 33.5 Å². The second-order valence-corrected chi connectivity index (χ2v) is 10.3. The third kappa shape index (κ3) is 5.72. The van der Waals surface area contributed by atoms with E-state index in [0.29, 0.717) is 16.9 Å². The van der Waals surface area contributed by atoms with Crippen molar-refractivity contribution in [2.75, 3.05) is 43.1 Å². The van der Waals surface area contributed by atoms with Crippen molar-refractivity contribution in [1.29, 1.82) is 0 Å². The highest BCUT2D eigenvalue weighted by Gasteiger charge is 2.34. The highest BCUT2D eigenvalue weighted by molar-refractivity contribution is 7.80. The molecule has 4 rings (SSSR count). The fraction of sp³-hybridized carbons (Fsp3) is 0.520. The van der Waals surface area contributed by atoms with Gasteiger partial charge >= 0.3 is 0 Å². The summed E-state index contributed by atoms with van der Waals surface area (Å²) in [5, 5.41) is 8.10. The van der Waals surface area contributed by atoms with Gasteiger partial charge in [-0.2, -0.15) is 0 Å². The van der Waals surface area contributed by atoms with Crippen molar-refractivity contribution in [3.63, 3.8) is 0 Å². The Morgan fingerprint density at radius 2 is 1.81 bits per heavy atom. The number of thiocarbonyl (C=S) groups is 1. The molecule has 0 aliphatic carbocycles. The van der Waals surface area contributed by atoms with Crippen LogP contribution in [0.2, 0.25) is 5.02 Å². The van der Waals surface area contributed by atoms with E-state index in [1.165, 1.54) is 12.0 Å². The largest absolute Gasteiger partial charge is 0.381 e. The van der Waals surface area contributed by atoms with Gasteiger partial charge in [-0.1, -0.05) is 37.6 Å². The molecule has 2 aliphatic heterocycles. The van der Waals surface area contributed by atoms with Gasteiger partial charge in [0.2, 0.25) is 0 Å². The average Bonchev–Trinajstić information content (AvgIpc) is 2.79. The summed E-state index contributed by atoms with van der Waals surface area (Å²) in [6.07, 6.45) is 5.07. The highest BCUT2D eigenvalue weighted by Crippen LogP contribution is 2.35. The minimum absolute atomic E-state index is 0.0155. The topological polar surface area (TPSA) is 49.4 Å². The van der Waals surface area contributed by atoms with Gasteiger partial charge in [0, 0.05) is 43.3 Å². The molecule has 0 spiro atoms. The molecule has 5 nitrogen and oxygen atoms in total. The fourth-order valence-electron chi connectivity index (χ4n) is 5.05. The Hall–Kier alpha value is -1.89. The number of hydrogen-bond acceptors (Lipinski definition) is 4. The molecule has 2 fully saturated rings. The van der Waals surface area contributed by atoms with Gasteiger partial charge in [-0.15, -0.1) is 0 Å². The van der Waals surface area contributed by atoms with Crippen LogP contribution in [0, 0.1) is 11.8 Å². The Morgan fingerprint density at radius 3 is 2.44 bits per heavy atom. The van der Waals surface area contributed by atoms with Crippen LogP contribution in [0.25, 0.3) is 0 Å². The number of piperidine rings is 1. The summed E-state index contributed by atoms with van der Waals surface area (Å²) in [5.41, 5.74) is 2.16. The molecule has 2 aromatic rings. The number of pyridine rings is 1. The van der Waals surface area contributed by atoms with Crippen molar-refractivity contribution in [2.45, 2.75) is 38.5 Å². The van der Waals surface area contributed by atoms with Crippen LogP contribution in [-0.4, -0.2) is 42.9 Å². The van der Waals surface area contributed by atoms with Gasteiger partial charge in [0.1, 0.15) is 5.82 Å². The van der Waals surface area contributed by atoms with E-state index in [1.807, 2.05) is 18.3 Å². The van der Waals surface area contributed by atoms with Gasteiger partial charge in [0.15, 0.2) is 5.11 Å². The molecule has 0 bridgehead atoms. The van der Waals surface area contributed by atoms with Crippen LogP contribution in [0.3, 0.4) is 0 Å². The van der Waals surface area contributed by atoms with E-state index in [2.05, 4.69) is 53.6 Å². The predicted octanol–water partition coefficient (Wildman–Crippen LogP) is 5.25. The summed E-state index contributed by atoms with van der Waals surface area (Å²) >= 11 is 11.7. The molecule has 3 heterocycles. The zero-order chi connectivity index (χ0) is 22.6. The van der Waals surface area contributed by atoms with E-state index in [-0.39, 0.29) is 5.41 Å². The quantitative estimate of drug-likeness (QED) is 0.579. The van der Waals surface area contributed by atoms with Crippen molar-refractivity contribution in [3.05, 3.63) is 53.2 Å². The molecule has 2 saturated heterocycles. The molecule has 2 N–H and O–H groups in total. The molecule has 7 heteroatoms. The number of nitrogens with one attached hydrogen (secondary N) is 2. The lowest BCUT2D eigenvalue weighted by Gasteiger charge is -2.38. The molecule has 172 valence electrons. The molecule has 1 aromatic carbocycles. The number of ether oxygens (including phenoxy) is 1. The second kappa shape index (κ2) is 10.4. The molecular weight excluding hydrogens is 440 g/mol. The number of aromatic nitrogens is 1. The monoisotopic (exact) mass is 472 g/mol. The number of halogens is 1. The van der Waals surface area contributed by atoms with Gasteiger partial charge in [0.25, 0.3) is 0 Å². The maximum absolute atomic E-state index is 6.11. The lowest BCUT2D eigenvalue weighted by Crippen LogP contribution is -2.45. The zero-order valence-electron chi connectivity index (χ0n) is 18.9. The first kappa shape index (κ1) is 23.3. The van der Waals surface area contributed by atoms with Gasteiger partial charge in [-0.3, -0.25) is 0 Å². The van der Waals surface area contributed by atoms with Crippen molar-refractivity contribution >= 4 is 40.4 Å². The van der Waals surface area contributed by atoms with Gasteiger partial charge in [-0.05, 0) is 73.1 Å². The molecule has 1 aromatic heterocycles. The van der Waals surface area contributed by atoms with E-state index in [9.17, 15) is 0 Å². The van der Waals surface area contributed by atoms with E-state index in [1.54, 1.807) is 0 Å². The van der Waals surface area contributed by atoms with Crippen LogP contribution < -0.4 is 15.5 Å². The van der Waals surface area contributed by atoms with Crippen molar-refractivity contribution in [2.24, 2.45) is 11.8 Å². The third-order valence-corrected chi connectivity index (χ3v) is 7.19. The molecule has 0 radical (unpaired) electrons. The van der Waals surface area contributed by atoms with Crippen LogP contribution in [0.4, 0.5) is 11.5 Å². The molecule has 32 heavy (non-hydrogen) atoms. The first-order valence-corrected chi connectivity index (χ1v) is 12.3. The summed E-state index contributed by atoms with van der Waals surface area (Å²) in [5.74, 6) is 2.44.